The normalized spacial score (nSPS) is 31.9. The summed E-state index contributed by atoms with van der Waals surface area (Å²) in [5.41, 5.74) is 6.97. The van der Waals surface area contributed by atoms with Gasteiger partial charge in [0.1, 0.15) is 0 Å². The minimum Gasteiger partial charge on any atom is -0.381 e. The largest absolute Gasteiger partial charge is 0.381 e. The van der Waals surface area contributed by atoms with Crippen LogP contribution < -0.4 is 5.73 Å². The molecule has 2 rings (SSSR count). The SMILES string of the molecule is CCOC1(C(N)C2CCCOC2)CCC(C)(C)CC1. The molecule has 0 bridgehead atoms. The van der Waals surface area contributed by atoms with E-state index in [1.165, 1.54) is 19.3 Å². The van der Waals surface area contributed by atoms with Gasteiger partial charge in [-0.15, -0.1) is 0 Å². The van der Waals surface area contributed by atoms with Gasteiger partial charge in [0.25, 0.3) is 0 Å². The summed E-state index contributed by atoms with van der Waals surface area (Å²) < 4.78 is 11.8. The number of hydrogen-bond acceptors (Lipinski definition) is 3. The molecule has 0 aromatic heterocycles. The Hall–Kier alpha value is -0.120. The minimum atomic E-state index is -0.102. The molecule has 3 nitrogen and oxygen atoms in total. The summed E-state index contributed by atoms with van der Waals surface area (Å²) in [6, 6.07) is 0.129. The minimum absolute atomic E-state index is 0.102. The van der Waals surface area contributed by atoms with Gasteiger partial charge in [-0.1, -0.05) is 13.8 Å². The van der Waals surface area contributed by atoms with Crippen LogP contribution in [0, 0.1) is 11.3 Å². The predicted octanol–water partition coefficient (Wildman–Crippen LogP) is 3.12. The van der Waals surface area contributed by atoms with Crippen molar-refractivity contribution in [2.24, 2.45) is 17.1 Å². The fourth-order valence-corrected chi connectivity index (χ4v) is 3.69. The molecule has 112 valence electrons. The van der Waals surface area contributed by atoms with Crippen molar-refractivity contribution in [2.75, 3.05) is 19.8 Å². The van der Waals surface area contributed by atoms with E-state index in [0.717, 1.165) is 39.1 Å². The summed E-state index contributed by atoms with van der Waals surface area (Å²) >= 11 is 0. The third kappa shape index (κ3) is 3.50. The Morgan fingerprint density at radius 3 is 2.47 bits per heavy atom. The van der Waals surface area contributed by atoms with Gasteiger partial charge in [-0.05, 0) is 50.9 Å². The highest BCUT2D eigenvalue weighted by Crippen LogP contribution is 2.45. The quantitative estimate of drug-likeness (QED) is 0.853. The smallest absolute Gasteiger partial charge is 0.0836 e. The molecule has 2 unspecified atom stereocenters. The Labute approximate surface area is 118 Å². The second-order valence-electron chi connectivity index (χ2n) is 7.17. The second-order valence-corrected chi connectivity index (χ2v) is 7.17. The lowest BCUT2D eigenvalue weighted by Crippen LogP contribution is -2.57. The van der Waals surface area contributed by atoms with E-state index in [4.69, 9.17) is 15.2 Å². The van der Waals surface area contributed by atoms with Gasteiger partial charge in [0, 0.05) is 25.2 Å². The first-order chi connectivity index (χ1) is 8.99. The fourth-order valence-electron chi connectivity index (χ4n) is 3.69. The molecular weight excluding hydrogens is 238 g/mol. The van der Waals surface area contributed by atoms with Crippen molar-refractivity contribution in [1.82, 2.24) is 0 Å². The van der Waals surface area contributed by atoms with Gasteiger partial charge < -0.3 is 15.2 Å². The summed E-state index contributed by atoms with van der Waals surface area (Å²) in [4.78, 5) is 0. The zero-order valence-corrected chi connectivity index (χ0v) is 12.9. The number of rotatable bonds is 4. The van der Waals surface area contributed by atoms with E-state index in [1.807, 2.05) is 0 Å². The van der Waals surface area contributed by atoms with Gasteiger partial charge in [-0.3, -0.25) is 0 Å². The van der Waals surface area contributed by atoms with Crippen molar-refractivity contribution in [3.05, 3.63) is 0 Å². The van der Waals surface area contributed by atoms with Crippen LogP contribution in [0.1, 0.15) is 59.3 Å². The molecule has 2 N–H and O–H groups in total. The van der Waals surface area contributed by atoms with Gasteiger partial charge >= 0.3 is 0 Å². The molecular formula is C16H31NO2. The Kier molecular flexibility index (Phi) is 4.91. The summed E-state index contributed by atoms with van der Waals surface area (Å²) in [6.45, 7) is 9.29. The van der Waals surface area contributed by atoms with Crippen LogP contribution in [0.3, 0.4) is 0 Å². The first-order valence-corrected chi connectivity index (χ1v) is 7.96. The molecule has 2 aliphatic rings. The van der Waals surface area contributed by atoms with Crippen LogP contribution in [0.25, 0.3) is 0 Å². The van der Waals surface area contributed by atoms with Crippen molar-refractivity contribution in [2.45, 2.75) is 70.9 Å². The summed E-state index contributed by atoms with van der Waals surface area (Å²) in [5, 5.41) is 0. The maximum Gasteiger partial charge on any atom is 0.0836 e. The average Bonchev–Trinajstić information content (AvgIpc) is 2.42. The van der Waals surface area contributed by atoms with Crippen LogP contribution in [-0.4, -0.2) is 31.5 Å². The highest BCUT2D eigenvalue weighted by atomic mass is 16.5. The second kappa shape index (κ2) is 6.11. The molecule has 1 saturated heterocycles. The van der Waals surface area contributed by atoms with E-state index >= 15 is 0 Å². The van der Waals surface area contributed by atoms with E-state index in [-0.39, 0.29) is 11.6 Å². The maximum atomic E-state index is 6.63. The van der Waals surface area contributed by atoms with Gasteiger partial charge in [0.15, 0.2) is 0 Å². The Bertz CT molecular complexity index is 274. The Morgan fingerprint density at radius 2 is 1.95 bits per heavy atom. The highest BCUT2D eigenvalue weighted by Gasteiger charge is 2.46. The number of nitrogens with two attached hydrogens (primary N) is 1. The Morgan fingerprint density at radius 1 is 1.26 bits per heavy atom. The summed E-state index contributed by atoms with van der Waals surface area (Å²) in [5.74, 6) is 0.474. The highest BCUT2D eigenvalue weighted by molar-refractivity contribution is 5.00. The van der Waals surface area contributed by atoms with E-state index in [9.17, 15) is 0 Å². The van der Waals surface area contributed by atoms with Crippen LogP contribution in [0.15, 0.2) is 0 Å². The lowest BCUT2D eigenvalue weighted by molar-refractivity contribution is -0.120. The van der Waals surface area contributed by atoms with E-state index < -0.39 is 0 Å². The topological polar surface area (TPSA) is 44.5 Å². The van der Waals surface area contributed by atoms with Crippen LogP contribution in [-0.2, 0) is 9.47 Å². The van der Waals surface area contributed by atoms with Crippen LogP contribution >= 0.6 is 0 Å². The Balaban J connectivity index is 2.05. The van der Waals surface area contributed by atoms with Crippen LogP contribution in [0.5, 0.6) is 0 Å². The van der Waals surface area contributed by atoms with E-state index in [1.54, 1.807) is 0 Å². The lowest BCUT2D eigenvalue weighted by atomic mass is 9.66. The zero-order valence-electron chi connectivity index (χ0n) is 12.9. The molecule has 0 aromatic carbocycles. The maximum absolute atomic E-state index is 6.63. The molecule has 0 spiro atoms. The number of ether oxygens (including phenoxy) is 2. The molecule has 1 aliphatic heterocycles. The van der Waals surface area contributed by atoms with Gasteiger partial charge in [-0.2, -0.15) is 0 Å². The molecule has 2 fully saturated rings. The van der Waals surface area contributed by atoms with Crippen molar-refractivity contribution >= 4 is 0 Å². The molecule has 0 amide bonds. The predicted molar refractivity (Wildman–Crippen MR) is 78.1 cm³/mol. The van der Waals surface area contributed by atoms with Crippen LogP contribution in [0.4, 0.5) is 0 Å². The van der Waals surface area contributed by atoms with Crippen molar-refractivity contribution < 1.29 is 9.47 Å². The standard InChI is InChI=1S/C16H31NO2/c1-4-19-16(9-7-15(2,3)8-10-16)14(17)13-6-5-11-18-12-13/h13-14H,4-12,17H2,1-3H3. The first kappa shape index (κ1) is 15.3. The molecule has 3 heteroatoms. The number of hydrogen-bond donors (Lipinski definition) is 1. The molecule has 0 radical (unpaired) electrons. The van der Waals surface area contributed by atoms with Crippen molar-refractivity contribution in [3.8, 4) is 0 Å². The monoisotopic (exact) mass is 269 g/mol. The van der Waals surface area contributed by atoms with Gasteiger partial charge in [-0.25, -0.2) is 0 Å². The van der Waals surface area contributed by atoms with E-state index in [2.05, 4.69) is 20.8 Å². The molecule has 1 aliphatic carbocycles. The molecule has 2 atom stereocenters. The third-order valence-electron chi connectivity index (χ3n) is 5.19. The lowest BCUT2D eigenvalue weighted by Gasteiger charge is -2.49. The summed E-state index contributed by atoms with van der Waals surface area (Å²) in [6.07, 6.45) is 6.98. The average molecular weight is 269 g/mol. The van der Waals surface area contributed by atoms with Crippen molar-refractivity contribution in [1.29, 1.82) is 0 Å². The van der Waals surface area contributed by atoms with Gasteiger partial charge in [0.05, 0.1) is 12.2 Å². The molecule has 0 aromatic rings. The molecule has 1 heterocycles. The van der Waals surface area contributed by atoms with Gasteiger partial charge in [0.2, 0.25) is 0 Å². The van der Waals surface area contributed by atoms with Crippen LogP contribution in [0.2, 0.25) is 0 Å². The van der Waals surface area contributed by atoms with Crippen molar-refractivity contribution in [3.63, 3.8) is 0 Å². The fraction of sp³-hybridized carbons (Fsp3) is 1.00. The van der Waals surface area contributed by atoms with E-state index in [0.29, 0.717) is 11.3 Å². The summed E-state index contributed by atoms with van der Waals surface area (Å²) in [7, 11) is 0. The first-order valence-electron chi connectivity index (χ1n) is 7.96. The zero-order chi connectivity index (χ0) is 13.9. The molecule has 1 saturated carbocycles. The third-order valence-corrected chi connectivity index (χ3v) is 5.19. The molecule has 19 heavy (non-hydrogen) atoms.